The number of rotatable bonds is 5. The quantitative estimate of drug-likeness (QED) is 0.501. The van der Waals surface area contributed by atoms with E-state index < -0.39 is 23.7 Å². The molecule has 0 radical (unpaired) electrons. The Kier molecular flexibility index (Phi) is 4.60. The lowest BCUT2D eigenvalue weighted by molar-refractivity contribution is -0.106. The molecule has 10 heteroatoms. The number of aromatic nitrogens is 1. The summed E-state index contributed by atoms with van der Waals surface area (Å²) >= 11 is 0. The second-order valence-electron chi connectivity index (χ2n) is 5.63. The highest BCUT2D eigenvalue weighted by Crippen LogP contribution is 2.40. The summed E-state index contributed by atoms with van der Waals surface area (Å²) in [5.41, 5.74) is 5.47. The highest BCUT2D eigenvalue weighted by molar-refractivity contribution is 6.23. The molecule has 1 aliphatic rings. The van der Waals surface area contributed by atoms with Gasteiger partial charge in [0.25, 0.3) is 17.4 Å². The Morgan fingerprint density at radius 3 is 2.37 bits per heavy atom. The molecule has 2 heterocycles. The molecule has 2 amide bonds. The van der Waals surface area contributed by atoms with Crippen LogP contribution in [-0.2, 0) is 9.47 Å². The van der Waals surface area contributed by atoms with E-state index in [0.717, 1.165) is 10.6 Å². The number of amides is 2. The van der Waals surface area contributed by atoms with Gasteiger partial charge in [0.15, 0.2) is 17.8 Å². The number of nitrogens with zero attached hydrogens (tertiary/aromatic N) is 1. The molecule has 27 heavy (non-hydrogen) atoms. The molecule has 2 aromatic rings. The topological polar surface area (TPSA) is 142 Å². The number of pyridine rings is 1. The smallest absolute Gasteiger partial charge is 0.262 e. The van der Waals surface area contributed by atoms with Crippen LogP contribution in [0.4, 0.5) is 5.82 Å². The van der Waals surface area contributed by atoms with Gasteiger partial charge in [0.05, 0.1) is 18.2 Å². The van der Waals surface area contributed by atoms with Crippen molar-refractivity contribution in [2.24, 2.45) is 0 Å². The van der Waals surface area contributed by atoms with E-state index in [-0.39, 0.29) is 34.1 Å². The molecule has 0 aliphatic carbocycles. The van der Waals surface area contributed by atoms with Crippen molar-refractivity contribution in [3.8, 4) is 17.2 Å². The number of imide groups is 1. The van der Waals surface area contributed by atoms with Crippen LogP contribution in [0.2, 0.25) is 0 Å². The summed E-state index contributed by atoms with van der Waals surface area (Å²) in [4.78, 5) is 36.7. The molecule has 3 rings (SSSR count). The standard InChI is InChI=1S/C17H17N3O7/c1-25-13-9(21)5-4-7(17(26-2)27-3)12(13)20-10(22)6-8-11(14(20)18)16(24)19-15(8)23/h4-6,17,21H,18H2,1-3H3,(H,19,23,24). The summed E-state index contributed by atoms with van der Waals surface area (Å²) in [6.07, 6.45) is -0.926. The van der Waals surface area contributed by atoms with E-state index in [9.17, 15) is 19.5 Å². The van der Waals surface area contributed by atoms with E-state index in [0.29, 0.717) is 5.56 Å². The largest absolute Gasteiger partial charge is 0.504 e. The number of hydrogen-bond donors (Lipinski definition) is 3. The van der Waals surface area contributed by atoms with E-state index >= 15 is 0 Å². The van der Waals surface area contributed by atoms with E-state index in [1.807, 2.05) is 0 Å². The van der Waals surface area contributed by atoms with Crippen molar-refractivity contribution < 1.29 is 28.9 Å². The molecule has 0 saturated carbocycles. The number of hydrogen-bond acceptors (Lipinski definition) is 8. The molecule has 0 fully saturated rings. The van der Waals surface area contributed by atoms with Crippen molar-refractivity contribution in [3.63, 3.8) is 0 Å². The molecule has 4 N–H and O–H groups in total. The molecule has 0 saturated heterocycles. The second-order valence-corrected chi connectivity index (χ2v) is 5.63. The number of phenolic OH excluding ortho intramolecular Hbond substituents is 1. The van der Waals surface area contributed by atoms with Crippen molar-refractivity contribution in [2.75, 3.05) is 27.1 Å². The predicted octanol–water partition coefficient (Wildman–Crippen LogP) is 0.309. The fourth-order valence-electron chi connectivity index (χ4n) is 3.06. The molecular weight excluding hydrogens is 358 g/mol. The Morgan fingerprint density at radius 2 is 1.78 bits per heavy atom. The zero-order valence-corrected chi connectivity index (χ0v) is 14.7. The highest BCUT2D eigenvalue weighted by atomic mass is 16.7. The third kappa shape index (κ3) is 2.71. The van der Waals surface area contributed by atoms with Gasteiger partial charge in [0, 0.05) is 25.8 Å². The van der Waals surface area contributed by atoms with E-state index in [2.05, 4.69) is 5.32 Å². The Morgan fingerprint density at radius 1 is 1.11 bits per heavy atom. The molecular formula is C17H17N3O7. The molecule has 1 aromatic heterocycles. The first-order chi connectivity index (χ1) is 12.8. The number of nitrogens with one attached hydrogen (secondary N) is 1. The fourth-order valence-corrected chi connectivity index (χ4v) is 3.06. The number of ether oxygens (including phenoxy) is 3. The number of carbonyl (C=O) groups is 2. The summed E-state index contributed by atoms with van der Waals surface area (Å²) in [6, 6.07) is 3.80. The summed E-state index contributed by atoms with van der Waals surface area (Å²) < 4.78 is 16.7. The van der Waals surface area contributed by atoms with Crippen LogP contribution in [0, 0.1) is 0 Å². The van der Waals surface area contributed by atoms with Crippen LogP contribution in [0.1, 0.15) is 32.6 Å². The summed E-state index contributed by atoms with van der Waals surface area (Å²) in [6.45, 7) is 0. The molecule has 0 bridgehead atoms. The maximum atomic E-state index is 12.8. The second kappa shape index (κ2) is 6.74. The number of aromatic hydroxyl groups is 1. The van der Waals surface area contributed by atoms with Gasteiger partial charge in [-0.1, -0.05) is 0 Å². The van der Waals surface area contributed by atoms with Crippen LogP contribution in [0.5, 0.6) is 11.5 Å². The van der Waals surface area contributed by atoms with Crippen molar-refractivity contribution >= 4 is 17.6 Å². The van der Waals surface area contributed by atoms with Crippen LogP contribution in [0.3, 0.4) is 0 Å². The third-order valence-corrected chi connectivity index (χ3v) is 4.21. The number of benzene rings is 1. The molecule has 0 unspecified atom stereocenters. The zero-order chi connectivity index (χ0) is 19.9. The van der Waals surface area contributed by atoms with Crippen molar-refractivity contribution in [1.29, 1.82) is 0 Å². The predicted molar refractivity (Wildman–Crippen MR) is 93.2 cm³/mol. The van der Waals surface area contributed by atoms with E-state index in [1.54, 1.807) is 0 Å². The first-order valence-corrected chi connectivity index (χ1v) is 7.72. The van der Waals surface area contributed by atoms with Gasteiger partial charge in [-0.2, -0.15) is 0 Å². The van der Waals surface area contributed by atoms with E-state index in [1.165, 1.54) is 33.5 Å². The molecule has 10 nitrogen and oxygen atoms in total. The minimum atomic E-state index is -0.926. The summed E-state index contributed by atoms with van der Waals surface area (Å²) in [7, 11) is 4.07. The maximum Gasteiger partial charge on any atom is 0.262 e. The van der Waals surface area contributed by atoms with Crippen molar-refractivity contribution in [2.45, 2.75) is 6.29 Å². The average molecular weight is 375 g/mol. The minimum absolute atomic E-state index is 0.0312. The summed E-state index contributed by atoms with van der Waals surface area (Å²) in [5.74, 6) is -2.06. The number of methoxy groups -OCH3 is 3. The number of fused-ring (bicyclic) bond motifs is 1. The molecule has 0 atom stereocenters. The van der Waals surface area contributed by atoms with Gasteiger partial charge >= 0.3 is 0 Å². The van der Waals surface area contributed by atoms with Gasteiger partial charge in [-0.15, -0.1) is 0 Å². The fraction of sp³-hybridized carbons (Fsp3) is 0.235. The Bertz CT molecular complexity index is 1010. The molecule has 1 aliphatic heterocycles. The summed E-state index contributed by atoms with van der Waals surface area (Å²) in [5, 5.41) is 12.3. The molecule has 142 valence electrons. The SMILES string of the molecule is COc1c(O)ccc(C(OC)OC)c1-n1c(N)c2c(cc1=O)C(=O)NC2=O. The number of nitrogens with two attached hydrogens (primary N) is 1. The van der Waals surface area contributed by atoms with Gasteiger partial charge < -0.3 is 25.1 Å². The minimum Gasteiger partial charge on any atom is -0.504 e. The van der Waals surface area contributed by atoms with Crippen molar-refractivity contribution in [3.05, 3.63) is 45.2 Å². The molecule has 1 aromatic carbocycles. The maximum absolute atomic E-state index is 12.8. The van der Waals surface area contributed by atoms with Crippen LogP contribution in [0.25, 0.3) is 5.69 Å². The number of phenols is 1. The first kappa shape index (κ1) is 18.4. The van der Waals surface area contributed by atoms with Crippen LogP contribution < -0.4 is 21.3 Å². The lowest BCUT2D eigenvalue weighted by Gasteiger charge is -2.23. The van der Waals surface area contributed by atoms with Crippen LogP contribution in [-0.4, -0.2) is 42.8 Å². The highest BCUT2D eigenvalue weighted by Gasteiger charge is 2.33. The van der Waals surface area contributed by atoms with Crippen molar-refractivity contribution in [1.82, 2.24) is 9.88 Å². The first-order valence-electron chi connectivity index (χ1n) is 7.72. The lowest BCUT2D eigenvalue weighted by atomic mass is 10.1. The van der Waals surface area contributed by atoms with Gasteiger partial charge in [-0.3, -0.25) is 24.3 Å². The lowest BCUT2D eigenvalue weighted by Crippen LogP contribution is -2.26. The van der Waals surface area contributed by atoms with Gasteiger partial charge in [-0.25, -0.2) is 0 Å². The van der Waals surface area contributed by atoms with E-state index in [4.69, 9.17) is 19.9 Å². The normalized spacial score (nSPS) is 13.0. The Hall–Kier alpha value is -3.37. The monoisotopic (exact) mass is 375 g/mol. The average Bonchev–Trinajstić information content (AvgIpc) is 2.91. The number of anilines is 1. The number of carbonyl (C=O) groups excluding carboxylic acids is 2. The Balaban J connectivity index is 2.43. The third-order valence-electron chi connectivity index (χ3n) is 4.21. The van der Waals surface area contributed by atoms with Gasteiger partial charge in [0.2, 0.25) is 0 Å². The van der Waals surface area contributed by atoms with Crippen LogP contribution >= 0.6 is 0 Å². The van der Waals surface area contributed by atoms with Gasteiger partial charge in [0.1, 0.15) is 11.5 Å². The van der Waals surface area contributed by atoms with Gasteiger partial charge in [-0.05, 0) is 12.1 Å². The molecule has 0 spiro atoms. The number of nitrogen functional groups attached to an aromatic ring is 1. The Labute approximate surface area is 153 Å². The zero-order valence-electron chi connectivity index (χ0n) is 14.7. The van der Waals surface area contributed by atoms with Crippen LogP contribution in [0.15, 0.2) is 23.0 Å².